The third kappa shape index (κ3) is 5.62. The standard InChI is InChI=1S/C16H27NO2/c1-4-12-19-16-10-8-7-9-14(16)15(17-5-2)11-13-18-6-3/h7-10,15,17H,4-6,11-13H2,1-3H3. The smallest absolute Gasteiger partial charge is 0.124 e. The molecule has 3 nitrogen and oxygen atoms in total. The number of benzene rings is 1. The van der Waals surface area contributed by atoms with Gasteiger partial charge in [-0.25, -0.2) is 0 Å². The number of hydrogen-bond acceptors (Lipinski definition) is 3. The zero-order valence-corrected chi connectivity index (χ0v) is 12.4. The molecule has 1 atom stereocenters. The lowest BCUT2D eigenvalue weighted by Crippen LogP contribution is -2.23. The van der Waals surface area contributed by atoms with E-state index in [1.165, 1.54) is 5.56 Å². The van der Waals surface area contributed by atoms with Crippen molar-refractivity contribution < 1.29 is 9.47 Å². The minimum atomic E-state index is 0.296. The fourth-order valence-corrected chi connectivity index (χ4v) is 2.07. The van der Waals surface area contributed by atoms with E-state index in [0.717, 1.165) is 45.0 Å². The summed E-state index contributed by atoms with van der Waals surface area (Å²) in [4.78, 5) is 0. The van der Waals surface area contributed by atoms with Gasteiger partial charge in [-0.05, 0) is 32.4 Å². The van der Waals surface area contributed by atoms with Crippen molar-refractivity contribution in [3.05, 3.63) is 29.8 Å². The fourth-order valence-electron chi connectivity index (χ4n) is 2.07. The highest BCUT2D eigenvalue weighted by molar-refractivity contribution is 5.36. The second-order valence-electron chi connectivity index (χ2n) is 4.48. The highest BCUT2D eigenvalue weighted by atomic mass is 16.5. The molecule has 1 aromatic rings. The molecule has 0 saturated carbocycles. The summed E-state index contributed by atoms with van der Waals surface area (Å²) in [6.45, 7) is 9.53. The predicted molar refractivity (Wildman–Crippen MR) is 79.8 cm³/mol. The van der Waals surface area contributed by atoms with Gasteiger partial charge in [0.1, 0.15) is 5.75 Å². The molecule has 0 aliphatic rings. The molecule has 19 heavy (non-hydrogen) atoms. The van der Waals surface area contributed by atoms with E-state index < -0.39 is 0 Å². The number of ether oxygens (including phenoxy) is 2. The Labute approximate surface area is 117 Å². The van der Waals surface area contributed by atoms with Gasteiger partial charge < -0.3 is 14.8 Å². The second-order valence-corrected chi connectivity index (χ2v) is 4.48. The average molecular weight is 265 g/mol. The number of hydrogen-bond donors (Lipinski definition) is 1. The molecule has 108 valence electrons. The average Bonchev–Trinajstić information content (AvgIpc) is 2.45. The fraction of sp³-hybridized carbons (Fsp3) is 0.625. The van der Waals surface area contributed by atoms with Crippen molar-refractivity contribution >= 4 is 0 Å². The van der Waals surface area contributed by atoms with Crippen LogP contribution >= 0.6 is 0 Å². The van der Waals surface area contributed by atoms with Crippen molar-refractivity contribution in [1.82, 2.24) is 5.32 Å². The third-order valence-electron chi connectivity index (χ3n) is 2.96. The molecule has 1 unspecified atom stereocenters. The van der Waals surface area contributed by atoms with Crippen LogP contribution in [0.25, 0.3) is 0 Å². The van der Waals surface area contributed by atoms with Gasteiger partial charge >= 0.3 is 0 Å². The topological polar surface area (TPSA) is 30.5 Å². The molecular formula is C16H27NO2. The molecule has 3 heteroatoms. The maximum atomic E-state index is 5.84. The zero-order chi connectivity index (χ0) is 13.9. The normalized spacial score (nSPS) is 12.4. The van der Waals surface area contributed by atoms with E-state index >= 15 is 0 Å². The van der Waals surface area contributed by atoms with Gasteiger partial charge in [0.15, 0.2) is 0 Å². The lowest BCUT2D eigenvalue weighted by atomic mass is 10.0. The first-order valence-corrected chi connectivity index (χ1v) is 7.36. The summed E-state index contributed by atoms with van der Waals surface area (Å²) in [6, 6.07) is 8.59. The SMILES string of the molecule is CCCOc1ccccc1C(CCOCC)NCC. The van der Waals surface area contributed by atoms with Crippen molar-refractivity contribution in [2.45, 2.75) is 39.7 Å². The van der Waals surface area contributed by atoms with Gasteiger partial charge in [-0.2, -0.15) is 0 Å². The summed E-state index contributed by atoms with van der Waals surface area (Å²) in [6.07, 6.45) is 1.99. The van der Waals surface area contributed by atoms with Gasteiger partial charge in [0.2, 0.25) is 0 Å². The van der Waals surface area contributed by atoms with Gasteiger partial charge in [-0.3, -0.25) is 0 Å². The molecule has 0 aromatic heterocycles. The Balaban J connectivity index is 2.75. The lowest BCUT2D eigenvalue weighted by molar-refractivity contribution is 0.136. The van der Waals surface area contributed by atoms with E-state index in [9.17, 15) is 0 Å². The molecule has 0 amide bonds. The minimum absolute atomic E-state index is 0.296. The van der Waals surface area contributed by atoms with E-state index in [0.29, 0.717) is 6.04 Å². The van der Waals surface area contributed by atoms with Crippen LogP contribution in [0.2, 0.25) is 0 Å². The van der Waals surface area contributed by atoms with Crippen LogP contribution in [0.1, 0.15) is 45.2 Å². The molecule has 1 N–H and O–H groups in total. The number of nitrogens with one attached hydrogen (secondary N) is 1. The molecule has 0 spiro atoms. The van der Waals surface area contributed by atoms with Crippen LogP contribution in [0.4, 0.5) is 0 Å². The van der Waals surface area contributed by atoms with Crippen LogP contribution in [0.15, 0.2) is 24.3 Å². The summed E-state index contributed by atoms with van der Waals surface area (Å²) in [5.74, 6) is 0.992. The molecule has 0 saturated heterocycles. The summed E-state index contributed by atoms with van der Waals surface area (Å²) in [5, 5.41) is 3.51. The van der Waals surface area contributed by atoms with Gasteiger partial charge in [0, 0.05) is 24.8 Å². The van der Waals surface area contributed by atoms with E-state index in [4.69, 9.17) is 9.47 Å². The zero-order valence-electron chi connectivity index (χ0n) is 12.4. The summed E-state index contributed by atoms with van der Waals surface area (Å²) < 4.78 is 11.3. The molecular weight excluding hydrogens is 238 g/mol. The van der Waals surface area contributed by atoms with E-state index in [1.807, 2.05) is 13.0 Å². The van der Waals surface area contributed by atoms with E-state index in [2.05, 4.69) is 37.4 Å². The summed E-state index contributed by atoms with van der Waals surface area (Å²) in [5.41, 5.74) is 1.23. The maximum absolute atomic E-state index is 5.84. The molecule has 0 heterocycles. The molecule has 0 radical (unpaired) electrons. The van der Waals surface area contributed by atoms with Crippen LogP contribution in [0.3, 0.4) is 0 Å². The first-order valence-electron chi connectivity index (χ1n) is 7.36. The van der Waals surface area contributed by atoms with Crippen LogP contribution in [0, 0.1) is 0 Å². The first-order chi connectivity index (χ1) is 9.33. The van der Waals surface area contributed by atoms with Crippen LogP contribution in [0.5, 0.6) is 5.75 Å². The Morgan fingerprint density at radius 3 is 2.58 bits per heavy atom. The van der Waals surface area contributed by atoms with Crippen molar-refractivity contribution in [3.63, 3.8) is 0 Å². The minimum Gasteiger partial charge on any atom is -0.493 e. The Morgan fingerprint density at radius 2 is 1.89 bits per heavy atom. The molecule has 0 aliphatic carbocycles. The van der Waals surface area contributed by atoms with Gasteiger partial charge in [-0.1, -0.05) is 32.0 Å². The van der Waals surface area contributed by atoms with Crippen molar-refractivity contribution in [2.75, 3.05) is 26.4 Å². The Hall–Kier alpha value is -1.06. The number of para-hydroxylation sites is 1. The van der Waals surface area contributed by atoms with Gasteiger partial charge in [-0.15, -0.1) is 0 Å². The molecule has 1 aromatic carbocycles. The second kappa shape index (κ2) is 9.82. The van der Waals surface area contributed by atoms with Crippen molar-refractivity contribution in [1.29, 1.82) is 0 Å². The number of rotatable bonds is 10. The van der Waals surface area contributed by atoms with Crippen LogP contribution in [-0.2, 0) is 4.74 Å². The predicted octanol–water partition coefficient (Wildman–Crippen LogP) is 3.55. The van der Waals surface area contributed by atoms with E-state index in [1.54, 1.807) is 0 Å². The molecule has 0 bridgehead atoms. The molecule has 0 aliphatic heterocycles. The third-order valence-corrected chi connectivity index (χ3v) is 2.96. The van der Waals surface area contributed by atoms with Gasteiger partial charge in [0.25, 0.3) is 0 Å². The monoisotopic (exact) mass is 265 g/mol. The quantitative estimate of drug-likeness (QED) is 0.656. The molecule has 1 rings (SSSR count). The largest absolute Gasteiger partial charge is 0.493 e. The summed E-state index contributed by atoms with van der Waals surface area (Å²) in [7, 11) is 0. The van der Waals surface area contributed by atoms with Crippen molar-refractivity contribution in [2.24, 2.45) is 0 Å². The summed E-state index contributed by atoms with van der Waals surface area (Å²) >= 11 is 0. The van der Waals surface area contributed by atoms with E-state index in [-0.39, 0.29) is 0 Å². The molecule has 0 fully saturated rings. The first kappa shape index (κ1) is 16.0. The Bertz CT molecular complexity index is 341. The highest BCUT2D eigenvalue weighted by Crippen LogP contribution is 2.27. The van der Waals surface area contributed by atoms with Gasteiger partial charge in [0.05, 0.1) is 6.61 Å². The Kier molecular flexibility index (Phi) is 8.26. The van der Waals surface area contributed by atoms with Crippen LogP contribution in [-0.4, -0.2) is 26.4 Å². The lowest BCUT2D eigenvalue weighted by Gasteiger charge is -2.21. The highest BCUT2D eigenvalue weighted by Gasteiger charge is 2.14. The van der Waals surface area contributed by atoms with Crippen molar-refractivity contribution in [3.8, 4) is 5.75 Å². The maximum Gasteiger partial charge on any atom is 0.124 e. The van der Waals surface area contributed by atoms with Crippen LogP contribution < -0.4 is 10.1 Å². The Morgan fingerprint density at radius 1 is 1.11 bits per heavy atom.